The van der Waals surface area contributed by atoms with E-state index >= 15 is 0 Å². The molecule has 10 heteroatoms. The number of ether oxygens (including phenoxy) is 2. The number of halogens is 3. The molecule has 1 aromatic rings. The number of alkyl halides is 3. The average molecular weight is 471 g/mol. The Bertz CT molecular complexity index is 866. The number of nitrogens with zero attached hydrogens (tertiary/aromatic N) is 4. The molecule has 0 aromatic carbocycles. The largest absolute Gasteiger partial charge is 0.411 e. The van der Waals surface area contributed by atoms with Crippen LogP contribution in [0.1, 0.15) is 36.3 Å². The Kier molecular flexibility index (Phi) is 9.95. The van der Waals surface area contributed by atoms with Crippen molar-refractivity contribution in [2.24, 2.45) is 0 Å². The van der Waals surface area contributed by atoms with E-state index in [-0.39, 0.29) is 24.1 Å². The van der Waals surface area contributed by atoms with Gasteiger partial charge in [0.05, 0.1) is 12.6 Å². The zero-order valence-electron chi connectivity index (χ0n) is 19.7. The van der Waals surface area contributed by atoms with E-state index in [0.717, 1.165) is 17.0 Å². The van der Waals surface area contributed by atoms with Gasteiger partial charge in [0.2, 0.25) is 0 Å². The molecule has 1 saturated heterocycles. The molecule has 184 valence electrons. The minimum absolute atomic E-state index is 0.0430. The smallest absolute Gasteiger partial charge is 0.383 e. The summed E-state index contributed by atoms with van der Waals surface area (Å²) < 4.78 is 48.3. The highest BCUT2D eigenvalue weighted by Gasteiger charge is 2.27. The lowest BCUT2D eigenvalue weighted by molar-refractivity contribution is -0.174. The second kappa shape index (κ2) is 12.2. The third-order valence-electron chi connectivity index (χ3n) is 5.71. The van der Waals surface area contributed by atoms with Crippen LogP contribution in [-0.2, 0) is 14.3 Å². The van der Waals surface area contributed by atoms with E-state index in [1.54, 1.807) is 18.1 Å². The van der Waals surface area contributed by atoms with Crippen molar-refractivity contribution in [3.8, 4) is 6.07 Å². The second-order valence-electron chi connectivity index (χ2n) is 8.33. The molecular weight excluding hydrogens is 437 g/mol. The Labute approximate surface area is 193 Å². The molecule has 0 aliphatic carbocycles. The van der Waals surface area contributed by atoms with Crippen molar-refractivity contribution >= 4 is 12.0 Å². The van der Waals surface area contributed by atoms with Crippen LogP contribution in [-0.4, -0.2) is 86.1 Å². The number of amides is 1. The van der Waals surface area contributed by atoms with Crippen LogP contribution in [0.15, 0.2) is 11.6 Å². The Balaban J connectivity index is 1.92. The summed E-state index contributed by atoms with van der Waals surface area (Å²) in [5, 5.41) is 9.63. The number of piperazine rings is 1. The molecule has 2 heterocycles. The fourth-order valence-electron chi connectivity index (χ4n) is 4.16. The lowest BCUT2D eigenvalue weighted by atomic mass is 10.1. The number of aromatic nitrogens is 1. The standard InChI is InChI=1S/C23H33F3N4O3/c1-17-12-20(19(3)30(17)18(2)15-32-4)13-21(14-27)22(31)29-9-7-28(8-10-29)6-5-11-33-16-23(24,25)26/h12-13,18H,5-11,15-16H2,1-4H3/b21-13-. The molecule has 1 atom stereocenters. The third-order valence-corrected chi connectivity index (χ3v) is 5.71. The van der Waals surface area contributed by atoms with Crippen LogP contribution in [0.2, 0.25) is 0 Å². The van der Waals surface area contributed by atoms with Crippen LogP contribution < -0.4 is 0 Å². The zero-order valence-corrected chi connectivity index (χ0v) is 19.7. The van der Waals surface area contributed by atoms with Gasteiger partial charge in [-0.25, -0.2) is 0 Å². The molecule has 7 nitrogen and oxygen atoms in total. The Morgan fingerprint density at radius 3 is 2.52 bits per heavy atom. The van der Waals surface area contributed by atoms with Gasteiger partial charge in [0.15, 0.2) is 0 Å². The Hall–Kier alpha value is -2.35. The molecule has 1 unspecified atom stereocenters. The second-order valence-corrected chi connectivity index (χ2v) is 8.33. The SMILES string of the molecule is COCC(C)n1c(C)cc(/C=C(/C#N)C(=O)N2CCN(CCCOCC(F)(F)F)CC2)c1C. The lowest BCUT2D eigenvalue weighted by Crippen LogP contribution is -2.49. The van der Waals surface area contributed by atoms with Crippen molar-refractivity contribution in [1.29, 1.82) is 5.26 Å². The van der Waals surface area contributed by atoms with Crippen LogP contribution in [0.5, 0.6) is 0 Å². The predicted molar refractivity (Wildman–Crippen MR) is 119 cm³/mol. The first-order chi connectivity index (χ1) is 15.6. The van der Waals surface area contributed by atoms with E-state index in [9.17, 15) is 23.2 Å². The highest BCUT2D eigenvalue weighted by Crippen LogP contribution is 2.23. The summed E-state index contributed by atoms with van der Waals surface area (Å²) in [5.74, 6) is -0.305. The summed E-state index contributed by atoms with van der Waals surface area (Å²) in [5.41, 5.74) is 2.91. The number of carbonyl (C=O) groups is 1. The lowest BCUT2D eigenvalue weighted by Gasteiger charge is -2.34. The summed E-state index contributed by atoms with van der Waals surface area (Å²) in [4.78, 5) is 16.7. The highest BCUT2D eigenvalue weighted by atomic mass is 19.4. The van der Waals surface area contributed by atoms with Gasteiger partial charge in [0.25, 0.3) is 5.91 Å². The Morgan fingerprint density at radius 2 is 1.94 bits per heavy atom. The highest BCUT2D eigenvalue weighted by molar-refractivity contribution is 6.01. The molecule has 1 amide bonds. The summed E-state index contributed by atoms with van der Waals surface area (Å²) >= 11 is 0. The van der Waals surface area contributed by atoms with Gasteiger partial charge in [-0.05, 0) is 44.9 Å². The maximum atomic E-state index is 12.9. The van der Waals surface area contributed by atoms with Gasteiger partial charge in [0.1, 0.15) is 18.2 Å². The first kappa shape index (κ1) is 26.9. The molecule has 0 bridgehead atoms. The molecule has 0 radical (unpaired) electrons. The van der Waals surface area contributed by atoms with Crippen molar-refractivity contribution in [2.75, 3.05) is 59.7 Å². The van der Waals surface area contributed by atoms with Gasteiger partial charge in [-0.15, -0.1) is 0 Å². The number of hydrogen-bond donors (Lipinski definition) is 0. The van der Waals surface area contributed by atoms with Crippen LogP contribution >= 0.6 is 0 Å². The summed E-state index contributed by atoms with van der Waals surface area (Å²) in [7, 11) is 1.65. The van der Waals surface area contributed by atoms with Gasteiger partial charge in [0, 0.05) is 57.8 Å². The van der Waals surface area contributed by atoms with Crippen molar-refractivity contribution < 1.29 is 27.4 Å². The molecule has 0 N–H and O–H groups in total. The minimum Gasteiger partial charge on any atom is -0.383 e. The summed E-state index contributed by atoms with van der Waals surface area (Å²) in [6, 6.07) is 4.14. The number of rotatable bonds is 10. The maximum absolute atomic E-state index is 12.9. The van der Waals surface area contributed by atoms with Gasteiger partial charge in [-0.3, -0.25) is 9.69 Å². The average Bonchev–Trinajstić information content (AvgIpc) is 3.04. The van der Waals surface area contributed by atoms with Crippen LogP contribution in [0, 0.1) is 25.2 Å². The van der Waals surface area contributed by atoms with E-state index in [4.69, 9.17) is 4.74 Å². The normalized spacial score (nSPS) is 16.7. The van der Waals surface area contributed by atoms with E-state index < -0.39 is 12.8 Å². The topological polar surface area (TPSA) is 70.7 Å². The van der Waals surface area contributed by atoms with Gasteiger partial charge in [-0.1, -0.05) is 0 Å². The maximum Gasteiger partial charge on any atom is 0.411 e. The summed E-state index contributed by atoms with van der Waals surface area (Å²) in [6.45, 7) is 8.10. The monoisotopic (exact) mass is 470 g/mol. The molecule has 1 fully saturated rings. The first-order valence-electron chi connectivity index (χ1n) is 11.0. The fraction of sp³-hybridized carbons (Fsp3) is 0.652. The number of carbonyl (C=O) groups excluding carboxylic acids is 1. The van der Waals surface area contributed by atoms with Crippen LogP contribution in [0.25, 0.3) is 6.08 Å². The van der Waals surface area contributed by atoms with E-state index in [0.29, 0.717) is 45.8 Å². The summed E-state index contributed by atoms with van der Waals surface area (Å²) in [6.07, 6.45) is -2.17. The Morgan fingerprint density at radius 1 is 1.27 bits per heavy atom. The van der Waals surface area contributed by atoms with Gasteiger partial charge < -0.3 is 18.9 Å². The van der Waals surface area contributed by atoms with Crippen molar-refractivity contribution in [1.82, 2.24) is 14.4 Å². The predicted octanol–water partition coefficient (Wildman–Crippen LogP) is 3.33. The van der Waals surface area contributed by atoms with Crippen LogP contribution in [0.3, 0.4) is 0 Å². The molecule has 1 aromatic heterocycles. The van der Waals surface area contributed by atoms with Gasteiger partial charge in [-0.2, -0.15) is 18.4 Å². The van der Waals surface area contributed by atoms with E-state index in [2.05, 4.69) is 21.1 Å². The van der Waals surface area contributed by atoms with Gasteiger partial charge >= 0.3 is 6.18 Å². The molecular formula is C23H33F3N4O3. The molecule has 1 aliphatic rings. The number of nitriles is 1. The third kappa shape index (κ3) is 7.88. The quantitative estimate of drug-likeness (QED) is 0.298. The van der Waals surface area contributed by atoms with Crippen molar-refractivity contribution in [2.45, 2.75) is 39.4 Å². The van der Waals surface area contributed by atoms with Crippen LogP contribution in [0.4, 0.5) is 13.2 Å². The van der Waals surface area contributed by atoms with E-state index in [1.165, 1.54) is 0 Å². The molecule has 0 spiro atoms. The number of hydrogen-bond acceptors (Lipinski definition) is 5. The number of methoxy groups -OCH3 is 1. The molecule has 2 rings (SSSR count). The van der Waals surface area contributed by atoms with Crippen molar-refractivity contribution in [3.63, 3.8) is 0 Å². The van der Waals surface area contributed by atoms with Crippen molar-refractivity contribution in [3.05, 3.63) is 28.6 Å². The first-order valence-corrected chi connectivity index (χ1v) is 11.0. The minimum atomic E-state index is -4.31. The number of aryl methyl sites for hydroxylation is 1. The molecule has 33 heavy (non-hydrogen) atoms. The molecule has 1 aliphatic heterocycles. The zero-order chi connectivity index (χ0) is 24.6. The fourth-order valence-corrected chi connectivity index (χ4v) is 4.16. The molecule has 0 saturated carbocycles. The van der Waals surface area contributed by atoms with E-state index in [1.807, 2.05) is 26.0 Å².